The maximum atomic E-state index is 13.6. The van der Waals surface area contributed by atoms with Crippen molar-refractivity contribution in [2.75, 3.05) is 0 Å². The Labute approximate surface area is 166 Å². The first-order valence-corrected chi connectivity index (χ1v) is 9.24. The summed E-state index contributed by atoms with van der Waals surface area (Å²) in [4.78, 5) is 0. The van der Waals surface area contributed by atoms with Gasteiger partial charge in [0.1, 0.15) is 24.4 Å². The number of benzene rings is 2. The van der Waals surface area contributed by atoms with Crippen molar-refractivity contribution in [2.45, 2.75) is 56.9 Å². The van der Waals surface area contributed by atoms with Gasteiger partial charge in [-0.15, -0.1) is 0 Å². The van der Waals surface area contributed by atoms with Crippen LogP contribution in [0.3, 0.4) is 0 Å². The second-order valence-corrected chi connectivity index (χ2v) is 7.57. The molecule has 0 bridgehead atoms. The van der Waals surface area contributed by atoms with Crippen molar-refractivity contribution >= 4 is 0 Å². The van der Waals surface area contributed by atoms with Crippen molar-refractivity contribution in [2.24, 2.45) is 0 Å². The fraction of sp³-hybridized carbons (Fsp3) is 0.429. The molecule has 8 heteroatoms. The fourth-order valence-corrected chi connectivity index (χ4v) is 3.65. The molecule has 2 aliphatic rings. The lowest BCUT2D eigenvalue weighted by Crippen LogP contribution is -2.39. The zero-order chi connectivity index (χ0) is 20.8. The number of hydrogen-bond acceptors (Lipinski definition) is 5. The van der Waals surface area contributed by atoms with Gasteiger partial charge in [0.15, 0.2) is 29.5 Å². The van der Waals surface area contributed by atoms with Gasteiger partial charge in [-0.05, 0) is 37.1 Å². The highest BCUT2D eigenvalue weighted by Crippen LogP contribution is 2.42. The molecule has 2 aliphatic heterocycles. The number of hydrogen-bond donors (Lipinski definition) is 1. The van der Waals surface area contributed by atoms with Gasteiger partial charge in [-0.25, -0.2) is 13.2 Å². The van der Waals surface area contributed by atoms with Crippen LogP contribution in [0.4, 0.5) is 13.2 Å². The van der Waals surface area contributed by atoms with E-state index in [1.165, 1.54) is 0 Å². The minimum absolute atomic E-state index is 0.168. The second-order valence-electron chi connectivity index (χ2n) is 7.57. The van der Waals surface area contributed by atoms with Gasteiger partial charge in [-0.1, -0.05) is 30.3 Å². The Balaban J connectivity index is 1.58. The Morgan fingerprint density at radius 1 is 1.07 bits per heavy atom. The van der Waals surface area contributed by atoms with Gasteiger partial charge in [0.2, 0.25) is 0 Å². The summed E-state index contributed by atoms with van der Waals surface area (Å²) >= 11 is 0. The van der Waals surface area contributed by atoms with Crippen LogP contribution in [-0.4, -0.2) is 35.5 Å². The molecule has 2 heterocycles. The summed E-state index contributed by atoms with van der Waals surface area (Å²) in [5, 5.41) is 10.7. The van der Waals surface area contributed by atoms with E-state index in [4.69, 9.17) is 18.9 Å². The Bertz CT molecular complexity index is 853. The SMILES string of the molecule is CC1(C)O[C@H]2O[C@H]([C@@H](O)c3cc(F)c(F)c(F)c3)[C@H](OCc3ccccc3)[C@H]2O1. The summed E-state index contributed by atoms with van der Waals surface area (Å²) in [5.41, 5.74) is 0.722. The zero-order valence-corrected chi connectivity index (χ0v) is 15.8. The Hall–Kier alpha value is -1.97. The number of ether oxygens (including phenoxy) is 4. The monoisotopic (exact) mass is 410 g/mol. The summed E-state index contributed by atoms with van der Waals surface area (Å²) in [7, 11) is 0. The number of halogens is 3. The summed E-state index contributed by atoms with van der Waals surface area (Å²) in [6, 6.07) is 10.8. The third-order valence-corrected chi connectivity index (χ3v) is 4.97. The average molecular weight is 410 g/mol. The first kappa shape index (κ1) is 20.3. The summed E-state index contributed by atoms with van der Waals surface area (Å²) in [6.45, 7) is 3.65. The molecule has 1 N–H and O–H groups in total. The van der Waals surface area contributed by atoms with Crippen LogP contribution < -0.4 is 0 Å². The highest BCUT2D eigenvalue weighted by molar-refractivity contribution is 5.23. The molecule has 29 heavy (non-hydrogen) atoms. The summed E-state index contributed by atoms with van der Waals surface area (Å²) in [5.74, 6) is -5.30. The lowest BCUT2D eigenvalue weighted by atomic mass is 9.98. The highest BCUT2D eigenvalue weighted by atomic mass is 19.2. The molecule has 5 atom stereocenters. The van der Waals surface area contributed by atoms with E-state index in [1.807, 2.05) is 30.3 Å². The van der Waals surface area contributed by atoms with E-state index in [0.717, 1.165) is 17.7 Å². The molecule has 0 amide bonds. The van der Waals surface area contributed by atoms with Gasteiger partial charge in [0.05, 0.1) is 6.61 Å². The molecule has 0 radical (unpaired) electrons. The van der Waals surface area contributed by atoms with Crippen LogP contribution >= 0.6 is 0 Å². The smallest absolute Gasteiger partial charge is 0.194 e. The minimum Gasteiger partial charge on any atom is -0.386 e. The van der Waals surface area contributed by atoms with Gasteiger partial charge in [-0.2, -0.15) is 0 Å². The van der Waals surface area contributed by atoms with Crippen LogP contribution in [0.15, 0.2) is 42.5 Å². The van der Waals surface area contributed by atoms with Crippen LogP contribution in [0.5, 0.6) is 0 Å². The quantitative estimate of drug-likeness (QED) is 0.764. The van der Waals surface area contributed by atoms with Crippen molar-refractivity contribution < 1.29 is 37.2 Å². The first-order chi connectivity index (χ1) is 13.7. The van der Waals surface area contributed by atoms with Gasteiger partial charge in [0, 0.05) is 0 Å². The first-order valence-electron chi connectivity index (χ1n) is 9.24. The molecule has 0 spiro atoms. The maximum absolute atomic E-state index is 13.6. The molecule has 0 aliphatic carbocycles. The van der Waals surface area contributed by atoms with Gasteiger partial charge >= 0.3 is 0 Å². The van der Waals surface area contributed by atoms with E-state index < -0.39 is 53.9 Å². The molecule has 0 aromatic heterocycles. The minimum atomic E-state index is -1.60. The Morgan fingerprint density at radius 3 is 2.38 bits per heavy atom. The van der Waals surface area contributed by atoms with E-state index in [1.54, 1.807) is 13.8 Å². The second kappa shape index (κ2) is 7.70. The van der Waals surface area contributed by atoms with Gasteiger partial charge in [0.25, 0.3) is 0 Å². The third kappa shape index (κ3) is 4.04. The molecule has 2 fully saturated rings. The lowest BCUT2D eigenvalue weighted by Gasteiger charge is -2.29. The van der Waals surface area contributed by atoms with Crippen LogP contribution in [0, 0.1) is 17.5 Å². The number of aliphatic hydroxyl groups is 1. The van der Waals surface area contributed by atoms with E-state index in [9.17, 15) is 18.3 Å². The normalized spacial score (nSPS) is 29.0. The molecule has 2 saturated heterocycles. The molecule has 0 saturated carbocycles. The number of rotatable bonds is 5. The molecule has 2 aromatic carbocycles. The average Bonchev–Trinajstić information content (AvgIpc) is 3.16. The molecule has 0 unspecified atom stereocenters. The molecular formula is C21H21F3O5. The van der Waals surface area contributed by atoms with Crippen molar-refractivity contribution in [1.82, 2.24) is 0 Å². The molecule has 4 rings (SSSR count). The van der Waals surface area contributed by atoms with Gasteiger partial charge < -0.3 is 24.1 Å². The van der Waals surface area contributed by atoms with Crippen molar-refractivity contribution in [1.29, 1.82) is 0 Å². The van der Waals surface area contributed by atoms with Crippen molar-refractivity contribution in [3.8, 4) is 0 Å². The van der Waals surface area contributed by atoms with Crippen molar-refractivity contribution in [3.05, 3.63) is 71.0 Å². The lowest BCUT2D eigenvalue weighted by molar-refractivity contribution is -0.231. The summed E-state index contributed by atoms with van der Waals surface area (Å²) < 4.78 is 63.9. The Morgan fingerprint density at radius 2 is 1.72 bits per heavy atom. The van der Waals surface area contributed by atoms with E-state index in [0.29, 0.717) is 0 Å². The predicted octanol–water partition coefficient (Wildman–Crippen LogP) is 3.60. The number of fused-ring (bicyclic) bond motifs is 1. The van der Waals surface area contributed by atoms with E-state index in [2.05, 4.69) is 0 Å². The molecule has 5 nitrogen and oxygen atoms in total. The predicted molar refractivity (Wildman–Crippen MR) is 95.0 cm³/mol. The highest BCUT2D eigenvalue weighted by Gasteiger charge is 2.57. The molecule has 2 aromatic rings. The van der Waals surface area contributed by atoms with E-state index >= 15 is 0 Å². The van der Waals surface area contributed by atoms with E-state index in [-0.39, 0.29) is 12.2 Å². The zero-order valence-electron chi connectivity index (χ0n) is 15.8. The summed E-state index contributed by atoms with van der Waals surface area (Å²) in [6.07, 6.45) is -4.77. The largest absolute Gasteiger partial charge is 0.386 e. The van der Waals surface area contributed by atoms with Gasteiger partial charge in [-0.3, -0.25) is 0 Å². The van der Waals surface area contributed by atoms with Crippen LogP contribution in [0.2, 0.25) is 0 Å². The van der Waals surface area contributed by atoms with Crippen LogP contribution in [0.1, 0.15) is 31.1 Å². The standard InChI is InChI=1S/C21H21F3O5/c1-21(2)28-19-18(26-10-11-6-4-3-5-7-11)17(27-20(19)29-21)16(25)12-8-13(22)15(24)14(23)9-12/h3-9,16-20,25H,10H2,1-2H3/t16-,17+,18-,19+,20+/m0/s1. The fourth-order valence-electron chi connectivity index (χ4n) is 3.65. The molecule has 156 valence electrons. The topological polar surface area (TPSA) is 57.2 Å². The number of aliphatic hydroxyl groups excluding tert-OH is 1. The molecular weight excluding hydrogens is 389 g/mol. The Kier molecular flexibility index (Phi) is 5.39. The maximum Gasteiger partial charge on any atom is 0.194 e. The van der Waals surface area contributed by atoms with Crippen molar-refractivity contribution in [3.63, 3.8) is 0 Å². The third-order valence-electron chi connectivity index (χ3n) is 4.97. The van der Waals surface area contributed by atoms with Crippen LogP contribution in [0.25, 0.3) is 0 Å². The van der Waals surface area contributed by atoms with Crippen LogP contribution in [-0.2, 0) is 25.6 Å².